The van der Waals surface area contributed by atoms with E-state index < -0.39 is 5.97 Å². The molecule has 0 saturated heterocycles. The number of rotatable bonds is 2. The van der Waals surface area contributed by atoms with Crippen LogP contribution in [0.2, 0.25) is 0 Å². The Morgan fingerprint density at radius 3 is 1.89 bits per heavy atom. The molecular formula is C6H15NO2. The molecule has 3 nitrogen and oxygen atoms in total. The first-order valence-electron chi connectivity index (χ1n) is 2.45. The van der Waals surface area contributed by atoms with Crippen LogP contribution in [0.5, 0.6) is 0 Å². The molecule has 0 spiro atoms. The van der Waals surface area contributed by atoms with Gasteiger partial charge in [-0.05, 0) is 21.0 Å². The second-order valence-corrected chi connectivity index (χ2v) is 1.98. The van der Waals surface area contributed by atoms with E-state index >= 15 is 0 Å². The number of nitrogens with zero attached hydrogens (tertiary/aromatic N) is 1. The van der Waals surface area contributed by atoms with Crippen molar-refractivity contribution < 1.29 is 9.90 Å². The highest BCUT2D eigenvalue weighted by Gasteiger charge is 2.11. The molecule has 0 saturated carbocycles. The fourth-order valence-corrected chi connectivity index (χ4v) is 0.221. The molecule has 0 amide bonds. The van der Waals surface area contributed by atoms with Gasteiger partial charge in [0.25, 0.3) is 0 Å². The quantitative estimate of drug-likeness (QED) is 0.601. The maximum Gasteiger partial charge on any atom is 0.320 e. The minimum absolute atomic E-state index is 0. The molecule has 0 aromatic carbocycles. The van der Waals surface area contributed by atoms with Crippen molar-refractivity contribution in [3.63, 3.8) is 0 Å². The van der Waals surface area contributed by atoms with Crippen LogP contribution in [0, 0.1) is 0 Å². The van der Waals surface area contributed by atoms with E-state index in [0.717, 1.165) is 0 Å². The zero-order valence-corrected chi connectivity index (χ0v) is 5.38. The van der Waals surface area contributed by atoms with Crippen molar-refractivity contribution in [2.45, 2.75) is 20.4 Å². The molecule has 0 fully saturated rings. The summed E-state index contributed by atoms with van der Waals surface area (Å²) in [6.07, 6.45) is 0. The summed E-state index contributed by atoms with van der Waals surface area (Å²) < 4.78 is 0. The van der Waals surface area contributed by atoms with Crippen molar-refractivity contribution in [2.24, 2.45) is 0 Å². The van der Waals surface area contributed by atoms with Gasteiger partial charge < -0.3 is 5.11 Å². The van der Waals surface area contributed by atoms with Crippen LogP contribution in [-0.4, -0.2) is 36.1 Å². The smallest absolute Gasteiger partial charge is 0.320 e. The SMILES string of the molecule is C.CC(C(=O)O)N(C)C. The molecular weight excluding hydrogens is 118 g/mol. The van der Waals surface area contributed by atoms with E-state index in [-0.39, 0.29) is 13.5 Å². The lowest BCUT2D eigenvalue weighted by molar-refractivity contribution is -0.141. The number of carbonyl (C=O) groups is 1. The van der Waals surface area contributed by atoms with Crippen molar-refractivity contribution in [3.8, 4) is 0 Å². The van der Waals surface area contributed by atoms with E-state index in [1.54, 1.807) is 25.9 Å². The molecule has 0 radical (unpaired) electrons. The summed E-state index contributed by atoms with van der Waals surface area (Å²) in [5.74, 6) is -0.782. The highest BCUT2D eigenvalue weighted by molar-refractivity contribution is 5.72. The van der Waals surface area contributed by atoms with Crippen molar-refractivity contribution in [2.75, 3.05) is 14.1 Å². The zero-order chi connectivity index (χ0) is 6.73. The Labute approximate surface area is 56.3 Å². The lowest BCUT2D eigenvalue weighted by Gasteiger charge is -2.13. The second-order valence-electron chi connectivity index (χ2n) is 1.98. The van der Waals surface area contributed by atoms with Gasteiger partial charge in [0.2, 0.25) is 0 Å². The van der Waals surface area contributed by atoms with Crippen LogP contribution in [0.15, 0.2) is 0 Å². The average Bonchev–Trinajstić information content (AvgIpc) is 1.64. The van der Waals surface area contributed by atoms with Gasteiger partial charge in [0, 0.05) is 0 Å². The molecule has 56 valence electrons. The van der Waals surface area contributed by atoms with E-state index in [2.05, 4.69) is 0 Å². The molecule has 0 bridgehead atoms. The monoisotopic (exact) mass is 133 g/mol. The molecule has 1 N–H and O–H groups in total. The normalized spacial score (nSPS) is 12.4. The third-order valence-electron chi connectivity index (χ3n) is 1.13. The first-order valence-corrected chi connectivity index (χ1v) is 2.45. The topological polar surface area (TPSA) is 40.5 Å². The van der Waals surface area contributed by atoms with Gasteiger partial charge in [-0.25, -0.2) is 0 Å². The van der Waals surface area contributed by atoms with Crippen LogP contribution < -0.4 is 0 Å². The van der Waals surface area contributed by atoms with Crippen molar-refractivity contribution in [1.29, 1.82) is 0 Å². The van der Waals surface area contributed by atoms with Crippen LogP contribution in [0.4, 0.5) is 0 Å². The summed E-state index contributed by atoms with van der Waals surface area (Å²) in [7, 11) is 3.47. The van der Waals surface area contributed by atoms with E-state index in [1.807, 2.05) is 0 Å². The Hall–Kier alpha value is -0.570. The predicted octanol–water partition coefficient (Wildman–Crippen LogP) is 0.657. The second kappa shape index (κ2) is 4.32. The maximum atomic E-state index is 10.1. The van der Waals surface area contributed by atoms with E-state index in [4.69, 9.17) is 5.11 Å². The molecule has 3 heteroatoms. The van der Waals surface area contributed by atoms with E-state index in [0.29, 0.717) is 0 Å². The summed E-state index contributed by atoms with van der Waals surface area (Å²) in [6.45, 7) is 1.64. The number of hydrogen-bond acceptors (Lipinski definition) is 2. The highest BCUT2D eigenvalue weighted by Crippen LogP contribution is 1.88. The van der Waals surface area contributed by atoms with Crippen molar-refractivity contribution in [1.82, 2.24) is 4.90 Å². The molecule has 9 heavy (non-hydrogen) atoms. The lowest BCUT2D eigenvalue weighted by Crippen LogP contribution is -2.32. The number of likely N-dealkylation sites (N-methyl/N-ethyl adjacent to an activating group) is 1. The minimum atomic E-state index is -0.782. The van der Waals surface area contributed by atoms with E-state index in [9.17, 15) is 4.79 Å². The molecule has 0 aliphatic heterocycles. The van der Waals surface area contributed by atoms with Gasteiger partial charge in [-0.2, -0.15) is 0 Å². The van der Waals surface area contributed by atoms with Gasteiger partial charge >= 0.3 is 5.97 Å². The molecule has 0 heterocycles. The third kappa shape index (κ3) is 3.97. The first kappa shape index (κ1) is 11.3. The Kier molecular flexibility index (Phi) is 5.41. The van der Waals surface area contributed by atoms with Crippen LogP contribution >= 0.6 is 0 Å². The Morgan fingerprint density at radius 1 is 1.56 bits per heavy atom. The minimum Gasteiger partial charge on any atom is -0.480 e. The molecule has 0 aliphatic carbocycles. The summed E-state index contributed by atoms with van der Waals surface area (Å²) in [5, 5.41) is 8.31. The highest BCUT2D eigenvalue weighted by atomic mass is 16.4. The Balaban J connectivity index is 0. The van der Waals surface area contributed by atoms with Crippen LogP contribution in [-0.2, 0) is 4.79 Å². The number of carboxylic acids is 1. The fourth-order valence-electron chi connectivity index (χ4n) is 0.221. The molecule has 0 aliphatic rings. The van der Waals surface area contributed by atoms with Gasteiger partial charge in [-0.3, -0.25) is 9.69 Å². The van der Waals surface area contributed by atoms with Gasteiger partial charge in [-0.15, -0.1) is 0 Å². The molecule has 1 atom stereocenters. The average molecular weight is 133 g/mol. The Bertz CT molecular complexity index is 91.1. The lowest BCUT2D eigenvalue weighted by atomic mass is 10.3. The molecule has 0 aromatic heterocycles. The van der Waals surface area contributed by atoms with Crippen LogP contribution in [0.3, 0.4) is 0 Å². The molecule has 1 unspecified atom stereocenters. The summed E-state index contributed by atoms with van der Waals surface area (Å²) in [4.78, 5) is 11.7. The van der Waals surface area contributed by atoms with Gasteiger partial charge in [0.05, 0.1) is 0 Å². The standard InChI is InChI=1S/C5H11NO2.CH4/c1-4(5(7)8)6(2)3;/h4H,1-3H3,(H,7,8);1H4. The summed E-state index contributed by atoms with van der Waals surface area (Å²) in [6, 6.07) is -0.380. The number of aliphatic carboxylic acids is 1. The van der Waals surface area contributed by atoms with Crippen molar-refractivity contribution in [3.05, 3.63) is 0 Å². The zero-order valence-electron chi connectivity index (χ0n) is 5.38. The number of hydrogen-bond donors (Lipinski definition) is 1. The first-order chi connectivity index (χ1) is 3.55. The van der Waals surface area contributed by atoms with E-state index in [1.165, 1.54) is 0 Å². The maximum absolute atomic E-state index is 10.1. The van der Waals surface area contributed by atoms with Gasteiger partial charge in [0.1, 0.15) is 6.04 Å². The Morgan fingerprint density at radius 2 is 1.89 bits per heavy atom. The van der Waals surface area contributed by atoms with Crippen LogP contribution in [0.1, 0.15) is 14.4 Å². The summed E-state index contributed by atoms with van der Waals surface area (Å²) >= 11 is 0. The van der Waals surface area contributed by atoms with Gasteiger partial charge in [-0.1, -0.05) is 7.43 Å². The fraction of sp³-hybridized carbons (Fsp3) is 0.833. The van der Waals surface area contributed by atoms with Crippen molar-refractivity contribution >= 4 is 5.97 Å². The summed E-state index contributed by atoms with van der Waals surface area (Å²) in [5.41, 5.74) is 0. The van der Waals surface area contributed by atoms with Crippen LogP contribution in [0.25, 0.3) is 0 Å². The largest absolute Gasteiger partial charge is 0.480 e. The van der Waals surface area contributed by atoms with Gasteiger partial charge in [0.15, 0.2) is 0 Å². The third-order valence-corrected chi connectivity index (χ3v) is 1.13. The molecule has 0 aromatic rings. The molecule has 0 rings (SSSR count). The predicted molar refractivity (Wildman–Crippen MR) is 37.5 cm³/mol. The number of carboxylic acid groups (broad SMARTS) is 1.